The second-order valence-corrected chi connectivity index (χ2v) is 11.6. The summed E-state index contributed by atoms with van der Waals surface area (Å²) in [5, 5.41) is 2.99. The molecule has 216 valence electrons. The van der Waals surface area contributed by atoms with Gasteiger partial charge in [-0.2, -0.15) is 0 Å². The van der Waals surface area contributed by atoms with Gasteiger partial charge in [-0.25, -0.2) is 0 Å². The smallest absolute Gasteiger partial charge is 0.309 e. The van der Waals surface area contributed by atoms with Crippen LogP contribution < -0.4 is 10.2 Å². The van der Waals surface area contributed by atoms with Crippen molar-refractivity contribution in [3.8, 4) is 11.1 Å². The Kier molecular flexibility index (Phi) is 7.49. The van der Waals surface area contributed by atoms with Crippen LogP contribution in [0.5, 0.6) is 0 Å². The standard InChI is InChI=1S/C33H34N4O5/c1-20-31(39)36(2)29-17-25(23-10-12-34-13-11-23)8-9-28(29)32(40)37(20)19-21-4-3-5-26(14-21)30(38)35-18-22-15-27(16-22)42-33(41)24-6-7-24/h3-5,8-14,17,20,22,24,27H,6-7,15-16,18-19H2,1-2H3,(H,35,38)/t20-,22?,27?/m1/s1. The summed E-state index contributed by atoms with van der Waals surface area (Å²) in [5.41, 5.74) is 4.08. The molecule has 1 atom stereocenters. The summed E-state index contributed by atoms with van der Waals surface area (Å²) in [7, 11) is 1.69. The summed E-state index contributed by atoms with van der Waals surface area (Å²) in [6.07, 6.45) is 6.77. The Morgan fingerprint density at radius 1 is 1.00 bits per heavy atom. The predicted octanol–water partition coefficient (Wildman–Crippen LogP) is 4.22. The van der Waals surface area contributed by atoms with Crippen molar-refractivity contribution in [3.63, 3.8) is 0 Å². The molecule has 2 fully saturated rings. The van der Waals surface area contributed by atoms with Crippen LogP contribution in [-0.2, 0) is 20.9 Å². The molecule has 2 aromatic carbocycles. The van der Waals surface area contributed by atoms with E-state index in [1.807, 2.05) is 30.3 Å². The third kappa shape index (κ3) is 5.64. The number of fused-ring (bicyclic) bond motifs is 1. The minimum absolute atomic E-state index is 0.0365. The molecule has 1 aromatic heterocycles. The number of amides is 3. The minimum atomic E-state index is -0.697. The number of carbonyl (C=O) groups is 4. The zero-order valence-corrected chi connectivity index (χ0v) is 23.8. The van der Waals surface area contributed by atoms with E-state index in [0.717, 1.165) is 42.4 Å². The fraction of sp³-hybridized carbons (Fsp3) is 0.364. The number of rotatable bonds is 8. The zero-order valence-electron chi connectivity index (χ0n) is 23.8. The summed E-state index contributed by atoms with van der Waals surface area (Å²) in [5.74, 6) is -0.328. The third-order valence-corrected chi connectivity index (χ3v) is 8.50. The molecular weight excluding hydrogens is 532 g/mol. The maximum absolute atomic E-state index is 13.8. The average Bonchev–Trinajstić information content (AvgIpc) is 3.85. The van der Waals surface area contributed by atoms with Crippen molar-refractivity contribution >= 4 is 29.4 Å². The van der Waals surface area contributed by atoms with Crippen molar-refractivity contribution in [2.75, 3.05) is 18.5 Å². The Balaban J connectivity index is 1.12. The highest BCUT2D eigenvalue weighted by atomic mass is 16.5. The Hall–Kier alpha value is -4.53. The lowest BCUT2D eigenvalue weighted by atomic mass is 9.82. The third-order valence-electron chi connectivity index (χ3n) is 8.50. The van der Waals surface area contributed by atoms with Gasteiger partial charge in [0.25, 0.3) is 11.8 Å². The quantitative estimate of drug-likeness (QED) is 0.409. The number of nitrogens with one attached hydrogen (secondary N) is 1. The first-order valence-electron chi connectivity index (χ1n) is 14.5. The molecule has 3 aromatic rings. The van der Waals surface area contributed by atoms with E-state index in [9.17, 15) is 19.2 Å². The Morgan fingerprint density at radius 2 is 1.76 bits per heavy atom. The molecule has 3 amide bonds. The van der Waals surface area contributed by atoms with Gasteiger partial charge < -0.3 is 19.9 Å². The number of hydrogen-bond acceptors (Lipinski definition) is 6. The highest BCUT2D eigenvalue weighted by Gasteiger charge is 2.38. The van der Waals surface area contributed by atoms with Crippen LogP contribution in [0.1, 0.15) is 58.9 Å². The SMILES string of the molecule is C[C@@H]1C(=O)N(C)c2cc(-c3ccncc3)ccc2C(=O)N1Cc1cccc(C(=O)NCC2CC(OC(=O)C3CC3)C2)c1. The summed E-state index contributed by atoms with van der Waals surface area (Å²) in [6, 6.07) is 15.7. The van der Waals surface area contributed by atoms with Crippen LogP contribution in [0.25, 0.3) is 11.1 Å². The molecule has 1 N–H and O–H groups in total. The number of carbonyl (C=O) groups excluding carboxylic acids is 4. The summed E-state index contributed by atoms with van der Waals surface area (Å²) >= 11 is 0. The molecule has 9 nitrogen and oxygen atoms in total. The largest absolute Gasteiger partial charge is 0.462 e. The van der Waals surface area contributed by atoms with E-state index in [-0.39, 0.29) is 48.2 Å². The lowest BCUT2D eigenvalue weighted by molar-refractivity contribution is -0.157. The van der Waals surface area contributed by atoms with E-state index in [2.05, 4.69) is 10.3 Å². The molecule has 2 aliphatic carbocycles. The number of aromatic nitrogens is 1. The van der Waals surface area contributed by atoms with Crippen molar-refractivity contribution in [3.05, 3.63) is 83.7 Å². The second-order valence-electron chi connectivity index (χ2n) is 11.6. The Morgan fingerprint density at radius 3 is 2.50 bits per heavy atom. The lowest BCUT2D eigenvalue weighted by Gasteiger charge is -2.34. The molecule has 42 heavy (non-hydrogen) atoms. The van der Waals surface area contributed by atoms with E-state index < -0.39 is 6.04 Å². The average molecular weight is 567 g/mol. The van der Waals surface area contributed by atoms with Gasteiger partial charge >= 0.3 is 5.97 Å². The normalized spacial score (nSPS) is 21.7. The molecule has 9 heteroatoms. The van der Waals surface area contributed by atoms with Gasteiger partial charge in [0.1, 0.15) is 12.1 Å². The molecule has 2 heterocycles. The molecule has 3 aliphatic rings. The fourth-order valence-corrected chi connectivity index (χ4v) is 5.65. The molecule has 0 saturated heterocycles. The molecular formula is C33H34N4O5. The number of ether oxygens (including phenoxy) is 1. The summed E-state index contributed by atoms with van der Waals surface area (Å²) < 4.78 is 5.50. The van der Waals surface area contributed by atoms with Crippen LogP contribution in [0.15, 0.2) is 67.0 Å². The van der Waals surface area contributed by atoms with E-state index in [0.29, 0.717) is 23.4 Å². The number of likely N-dealkylation sites (N-methyl/N-ethyl adjacent to an activating group) is 1. The van der Waals surface area contributed by atoms with E-state index in [1.165, 1.54) is 0 Å². The number of hydrogen-bond donors (Lipinski definition) is 1. The van der Waals surface area contributed by atoms with Crippen molar-refractivity contribution in [1.29, 1.82) is 0 Å². The predicted molar refractivity (Wildman–Crippen MR) is 157 cm³/mol. The van der Waals surface area contributed by atoms with Crippen molar-refractivity contribution in [1.82, 2.24) is 15.2 Å². The van der Waals surface area contributed by atoms with E-state index >= 15 is 0 Å². The molecule has 2 saturated carbocycles. The van der Waals surface area contributed by atoms with Gasteiger partial charge in [0, 0.05) is 38.1 Å². The summed E-state index contributed by atoms with van der Waals surface area (Å²) in [6.45, 7) is 2.43. The number of nitrogens with zero attached hydrogens (tertiary/aromatic N) is 3. The second kappa shape index (κ2) is 11.4. The molecule has 0 radical (unpaired) electrons. The van der Waals surface area contributed by atoms with Crippen molar-refractivity contribution < 1.29 is 23.9 Å². The van der Waals surface area contributed by atoms with Crippen LogP contribution in [0.3, 0.4) is 0 Å². The van der Waals surface area contributed by atoms with Gasteiger partial charge in [0.2, 0.25) is 5.91 Å². The van der Waals surface area contributed by atoms with Gasteiger partial charge in [-0.1, -0.05) is 18.2 Å². The van der Waals surface area contributed by atoms with E-state index in [4.69, 9.17) is 4.74 Å². The highest BCUT2D eigenvalue weighted by Crippen LogP contribution is 2.35. The lowest BCUT2D eigenvalue weighted by Crippen LogP contribution is -2.45. The maximum Gasteiger partial charge on any atom is 0.309 e. The highest BCUT2D eigenvalue weighted by molar-refractivity contribution is 6.11. The molecule has 1 aliphatic heterocycles. The first-order valence-corrected chi connectivity index (χ1v) is 14.5. The number of esters is 1. The fourth-order valence-electron chi connectivity index (χ4n) is 5.65. The van der Waals surface area contributed by atoms with Crippen LogP contribution in [0.2, 0.25) is 0 Å². The number of pyridine rings is 1. The van der Waals surface area contributed by atoms with Crippen molar-refractivity contribution in [2.24, 2.45) is 11.8 Å². The van der Waals surface area contributed by atoms with Gasteiger partial charge in [0.05, 0.1) is 17.2 Å². The van der Waals surface area contributed by atoms with Crippen LogP contribution >= 0.6 is 0 Å². The van der Waals surface area contributed by atoms with Gasteiger partial charge in [-0.05, 0) is 91.6 Å². The topological polar surface area (TPSA) is 109 Å². The zero-order chi connectivity index (χ0) is 29.4. The molecule has 0 spiro atoms. The monoisotopic (exact) mass is 566 g/mol. The molecule has 6 rings (SSSR count). The molecule has 0 unspecified atom stereocenters. The van der Waals surface area contributed by atoms with Crippen LogP contribution in [0.4, 0.5) is 5.69 Å². The summed E-state index contributed by atoms with van der Waals surface area (Å²) in [4.78, 5) is 59.1. The van der Waals surface area contributed by atoms with Gasteiger partial charge in [0.15, 0.2) is 0 Å². The Labute approximate surface area is 244 Å². The van der Waals surface area contributed by atoms with E-state index in [1.54, 1.807) is 60.4 Å². The first-order chi connectivity index (χ1) is 20.3. The van der Waals surface area contributed by atoms with Crippen molar-refractivity contribution in [2.45, 2.75) is 51.3 Å². The van der Waals surface area contributed by atoms with Gasteiger partial charge in [-0.3, -0.25) is 24.2 Å². The van der Waals surface area contributed by atoms with Crippen LogP contribution in [-0.4, -0.2) is 59.3 Å². The van der Waals surface area contributed by atoms with Gasteiger partial charge in [-0.15, -0.1) is 0 Å². The number of anilines is 1. The molecule has 0 bridgehead atoms. The maximum atomic E-state index is 13.8. The number of benzene rings is 2. The van der Waals surface area contributed by atoms with Crippen LogP contribution in [0, 0.1) is 11.8 Å². The minimum Gasteiger partial charge on any atom is -0.462 e. The first kappa shape index (κ1) is 27.6. The Bertz CT molecular complexity index is 1530.